The highest BCUT2D eigenvalue weighted by atomic mass is 35.5. The lowest BCUT2D eigenvalue weighted by Gasteiger charge is -2.08. The fraction of sp³-hybridized carbons (Fsp3) is 0.0714. The second-order valence-corrected chi connectivity index (χ2v) is 4.58. The second-order valence-electron chi connectivity index (χ2n) is 4.18. The van der Waals surface area contributed by atoms with Gasteiger partial charge in [0.15, 0.2) is 0 Å². The van der Waals surface area contributed by atoms with Gasteiger partial charge in [-0.2, -0.15) is 0 Å². The number of carbonyl (C=O) groups excluding carboxylic acids is 1. The maximum atomic E-state index is 13.7. The minimum atomic E-state index is -0.566. The third-order valence-corrected chi connectivity index (χ3v) is 2.92. The van der Waals surface area contributed by atoms with Crippen LogP contribution in [0, 0.1) is 12.7 Å². The zero-order valence-electron chi connectivity index (χ0n) is 10.2. The summed E-state index contributed by atoms with van der Waals surface area (Å²) in [6.07, 6.45) is 0. The van der Waals surface area contributed by atoms with Crippen LogP contribution in [0.1, 0.15) is 15.9 Å². The Morgan fingerprint density at radius 1 is 1.26 bits per heavy atom. The Balaban J connectivity index is 2.25. The van der Waals surface area contributed by atoms with Gasteiger partial charge in [0.05, 0.1) is 16.3 Å². The van der Waals surface area contributed by atoms with E-state index >= 15 is 0 Å². The van der Waals surface area contributed by atoms with Crippen molar-refractivity contribution in [1.29, 1.82) is 0 Å². The first kappa shape index (κ1) is 13.4. The lowest BCUT2D eigenvalue weighted by molar-refractivity contribution is 0.102. The number of rotatable bonds is 2. The SMILES string of the molecule is Cc1ccc(C(=O)Nc2ccc(N)cc2Cl)c(F)c1. The summed E-state index contributed by atoms with van der Waals surface area (Å²) in [6.45, 7) is 1.75. The molecule has 0 spiro atoms. The normalized spacial score (nSPS) is 10.3. The summed E-state index contributed by atoms with van der Waals surface area (Å²) in [5.41, 5.74) is 7.15. The number of nitrogens with two attached hydrogens (primary N) is 1. The molecule has 0 aliphatic carbocycles. The van der Waals surface area contributed by atoms with Crippen molar-refractivity contribution in [3.63, 3.8) is 0 Å². The predicted octanol–water partition coefficient (Wildman–Crippen LogP) is 3.62. The summed E-state index contributed by atoms with van der Waals surface area (Å²) in [4.78, 5) is 11.9. The van der Waals surface area contributed by atoms with Crippen LogP contribution in [0.3, 0.4) is 0 Å². The third-order valence-electron chi connectivity index (χ3n) is 2.61. The maximum absolute atomic E-state index is 13.7. The monoisotopic (exact) mass is 278 g/mol. The van der Waals surface area contributed by atoms with Crippen LogP contribution < -0.4 is 11.1 Å². The van der Waals surface area contributed by atoms with Gasteiger partial charge in [-0.1, -0.05) is 17.7 Å². The van der Waals surface area contributed by atoms with Gasteiger partial charge in [-0.15, -0.1) is 0 Å². The Bertz CT molecular complexity index is 643. The van der Waals surface area contributed by atoms with E-state index in [4.69, 9.17) is 17.3 Å². The lowest BCUT2D eigenvalue weighted by atomic mass is 10.1. The van der Waals surface area contributed by atoms with Crippen molar-refractivity contribution in [1.82, 2.24) is 0 Å². The standard InChI is InChI=1S/C14H12ClFN2O/c1-8-2-4-10(12(16)6-8)14(19)18-13-5-3-9(17)7-11(13)15/h2-7H,17H2,1H3,(H,18,19). The van der Waals surface area contributed by atoms with Crippen molar-refractivity contribution in [2.45, 2.75) is 6.92 Å². The highest BCUT2D eigenvalue weighted by Crippen LogP contribution is 2.24. The molecule has 0 aliphatic heterocycles. The number of hydrogen-bond donors (Lipinski definition) is 2. The molecule has 0 bridgehead atoms. The number of anilines is 2. The fourth-order valence-electron chi connectivity index (χ4n) is 1.63. The number of amides is 1. The molecule has 0 atom stereocenters. The first-order chi connectivity index (χ1) is 8.97. The van der Waals surface area contributed by atoms with Crippen LogP contribution in [0.4, 0.5) is 15.8 Å². The number of benzene rings is 2. The van der Waals surface area contributed by atoms with Crippen LogP contribution in [0.25, 0.3) is 0 Å². The van der Waals surface area contributed by atoms with E-state index in [-0.39, 0.29) is 5.56 Å². The molecule has 5 heteroatoms. The third kappa shape index (κ3) is 3.03. The summed E-state index contributed by atoms with van der Waals surface area (Å²) < 4.78 is 13.7. The van der Waals surface area contributed by atoms with E-state index in [0.29, 0.717) is 16.4 Å². The van der Waals surface area contributed by atoms with Crippen molar-refractivity contribution in [3.8, 4) is 0 Å². The van der Waals surface area contributed by atoms with Crippen LogP contribution in [0.5, 0.6) is 0 Å². The zero-order chi connectivity index (χ0) is 14.0. The van der Waals surface area contributed by atoms with E-state index in [1.54, 1.807) is 25.1 Å². The van der Waals surface area contributed by atoms with Gasteiger partial charge in [-0.05, 0) is 42.8 Å². The van der Waals surface area contributed by atoms with Gasteiger partial charge in [-0.3, -0.25) is 4.79 Å². The largest absolute Gasteiger partial charge is 0.399 e. The molecule has 2 rings (SSSR count). The molecular formula is C14H12ClFN2O. The fourth-order valence-corrected chi connectivity index (χ4v) is 1.86. The first-order valence-corrected chi connectivity index (χ1v) is 5.97. The lowest BCUT2D eigenvalue weighted by Crippen LogP contribution is -2.14. The van der Waals surface area contributed by atoms with Crippen molar-refractivity contribution in [2.24, 2.45) is 0 Å². The van der Waals surface area contributed by atoms with Crippen LogP contribution in [0.2, 0.25) is 5.02 Å². The van der Waals surface area contributed by atoms with E-state index in [9.17, 15) is 9.18 Å². The molecule has 0 aliphatic rings. The molecule has 0 radical (unpaired) electrons. The van der Waals surface area contributed by atoms with Crippen LogP contribution >= 0.6 is 11.6 Å². The smallest absolute Gasteiger partial charge is 0.258 e. The van der Waals surface area contributed by atoms with Crippen molar-refractivity contribution in [2.75, 3.05) is 11.1 Å². The molecule has 19 heavy (non-hydrogen) atoms. The average Bonchev–Trinajstić information content (AvgIpc) is 2.32. The molecule has 2 aromatic rings. The summed E-state index contributed by atoms with van der Waals surface area (Å²) in [7, 11) is 0. The molecule has 98 valence electrons. The molecule has 2 aromatic carbocycles. The molecule has 3 N–H and O–H groups in total. The molecular weight excluding hydrogens is 267 g/mol. The number of aryl methyl sites for hydroxylation is 1. The quantitative estimate of drug-likeness (QED) is 0.824. The number of hydrogen-bond acceptors (Lipinski definition) is 2. The molecule has 0 heterocycles. The molecule has 0 saturated heterocycles. The van der Waals surface area contributed by atoms with Gasteiger partial charge in [0.2, 0.25) is 0 Å². The van der Waals surface area contributed by atoms with Gasteiger partial charge in [-0.25, -0.2) is 4.39 Å². The van der Waals surface area contributed by atoms with Gasteiger partial charge in [0.25, 0.3) is 5.91 Å². The maximum Gasteiger partial charge on any atom is 0.258 e. The number of nitrogen functional groups attached to an aromatic ring is 1. The first-order valence-electron chi connectivity index (χ1n) is 5.60. The molecule has 0 aromatic heterocycles. The molecule has 0 saturated carbocycles. The molecule has 3 nitrogen and oxygen atoms in total. The van der Waals surface area contributed by atoms with Gasteiger partial charge < -0.3 is 11.1 Å². The number of halogens is 2. The molecule has 1 amide bonds. The number of nitrogens with one attached hydrogen (secondary N) is 1. The van der Waals surface area contributed by atoms with Crippen LogP contribution in [-0.2, 0) is 0 Å². The Morgan fingerprint density at radius 2 is 2.00 bits per heavy atom. The molecule has 0 unspecified atom stereocenters. The van der Waals surface area contributed by atoms with Crippen molar-refractivity contribution in [3.05, 3.63) is 58.4 Å². The molecule has 0 fully saturated rings. The van der Waals surface area contributed by atoms with E-state index in [1.165, 1.54) is 18.2 Å². The zero-order valence-corrected chi connectivity index (χ0v) is 11.0. The van der Waals surface area contributed by atoms with Crippen molar-refractivity contribution >= 4 is 28.9 Å². The minimum Gasteiger partial charge on any atom is -0.399 e. The van der Waals surface area contributed by atoms with Crippen LogP contribution in [0.15, 0.2) is 36.4 Å². The van der Waals surface area contributed by atoms with E-state index < -0.39 is 11.7 Å². The Kier molecular flexibility index (Phi) is 3.71. The van der Waals surface area contributed by atoms with Gasteiger partial charge in [0, 0.05) is 5.69 Å². The Hall–Kier alpha value is -2.07. The van der Waals surface area contributed by atoms with Crippen LogP contribution in [-0.4, -0.2) is 5.91 Å². The summed E-state index contributed by atoms with van der Waals surface area (Å²) in [5.74, 6) is -1.12. The second kappa shape index (κ2) is 5.28. The minimum absolute atomic E-state index is 0.0292. The Morgan fingerprint density at radius 3 is 2.63 bits per heavy atom. The van der Waals surface area contributed by atoms with E-state index in [1.807, 2.05) is 0 Å². The average molecular weight is 279 g/mol. The Labute approximate surface area is 115 Å². The van der Waals surface area contributed by atoms with E-state index in [2.05, 4.69) is 5.32 Å². The number of carbonyl (C=O) groups is 1. The summed E-state index contributed by atoms with van der Waals surface area (Å²) in [5, 5.41) is 2.85. The van der Waals surface area contributed by atoms with Crippen molar-refractivity contribution < 1.29 is 9.18 Å². The van der Waals surface area contributed by atoms with Gasteiger partial charge in [0.1, 0.15) is 5.82 Å². The summed E-state index contributed by atoms with van der Waals surface area (Å²) >= 11 is 5.94. The highest BCUT2D eigenvalue weighted by Gasteiger charge is 2.13. The van der Waals surface area contributed by atoms with E-state index in [0.717, 1.165) is 5.56 Å². The summed E-state index contributed by atoms with van der Waals surface area (Å²) in [6, 6.07) is 9.10. The highest BCUT2D eigenvalue weighted by molar-refractivity contribution is 6.34. The predicted molar refractivity (Wildman–Crippen MR) is 75.0 cm³/mol. The topological polar surface area (TPSA) is 55.1 Å². The van der Waals surface area contributed by atoms with Gasteiger partial charge >= 0.3 is 0 Å².